The molecular formula is C23H35N5O5S. The summed E-state index contributed by atoms with van der Waals surface area (Å²) in [7, 11) is -2.20. The maximum Gasteiger partial charge on any atom is 0.243 e. The minimum absolute atomic E-state index is 0.0624. The second kappa shape index (κ2) is 11.4. The SMILES string of the molecule is Cc1ccccc1S(=O)(=O)N(C)C[C@H]1OCc2cn(nn2)CCCC(=O)N([C@@H](C)CO)C[C@H]1C. The van der Waals surface area contributed by atoms with Crippen molar-refractivity contribution in [3.05, 3.63) is 41.7 Å². The molecule has 1 amide bonds. The molecule has 0 unspecified atom stereocenters. The van der Waals surface area contributed by atoms with Crippen LogP contribution in [0.3, 0.4) is 0 Å². The minimum atomic E-state index is -3.74. The molecule has 1 aliphatic rings. The molecule has 0 aliphatic carbocycles. The van der Waals surface area contributed by atoms with Crippen LogP contribution in [0, 0.1) is 12.8 Å². The number of aromatic nitrogens is 3. The summed E-state index contributed by atoms with van der Waals surface area (Å²) in [4.78, 5) is 14.9. The quantitative estimate of drug-likeness (QED) is 0.647. The Bertz CT molecular complexity index is 1070. The van der Waals surface area contributed by atoms with Crippen LogP contribution in [0.1, 0.15) is 37.9 Å². The van der Waals surface area contributed by atoms with Crippen molar-refractivity contribution in [2.45, 2.75) is 63.8 Å². The predicted molar refractivity (Wildman–Crippen MR) is 126 cm³/mol. The Balaban J connectivity index is 1.87. The van der Waals surface area contributed by atoms with Crippen LogP contribution in [0.4, 0.5) is 0 Å². The summed E-state index contributed by atoms with van der Waals surface area (Å²) >= 11 is 0. The van der Waals surface area contributed by atoms with Gasteiger partial charge in [0, 0.05) is 39.0 Å². The molecule has 2 heterocycles. The summed E-state index contributed by atoms with van der Waals surface area (Å²) in [5.74, 6) is -0.268. The zero-order valence-corrected chi connectivity index (χ0v) is 21.1. The van der Waals surface area contributed by atoms with Gasteiger partial charge in [-0.05, 0) is 31.9 Å². The largest absolute Gasteiger partial charge is 0.394 e. The highest BCUT2D eigenvalue weighted by Crippen LogP contribution is 2.22. The fourth-order valence-corrected chi connectivity index (χ4v) is 5.46. The number of aliphatic hydroxyl groups excluding tert-OH is 1. The van der Waals surface area contributed by atoms with E-state index in [2.05, 4.69) is 10.3 Å². The Hall–Kier alpha value is -2.34. The fourth-order valence-electron chi connectivity index (χ4n) is 4.06. The van der Waals surface area contributed by atoms with Gasteiger partial charge in [0.05, 0.1) is 36.5 Å². The lowest BCUT2D eigenvalue weighted by Gasteiger charge is -2.35. The van der Waals surface area contributed by atoms with Gasteiger partial charge in [-0.1, -0.05) is 30.3 Å². The monoisotopic (exact) mass is 493 g/mol. The third-order valence-corrected chi connectivity index (χ3v) is 8.25. The second-order valence-corrected chi connectivity index (χ2v) is 11.0. The number of benzene rings is 1. The van der Waals surface area contributed by atoms with Crippen LogP contribution in [-0.2, 0) is 32.7 Å². The molecule has 2 aromatic rings. The number of likely N-dealkylation sites (N-methyl/N-ethyl adjacent to an activating group) is 1. The van der Waals surface area contributed by atoms with E-state index in [0.717, 1.165) is 0 Å². The summed E-state index contributed by atoms with van der Waals surface area (Å²) in [5, 5.41) is 17.9. The van der Waals surface area contributed by atoms with Crippen molar-refractivity contribution in [3.63, 3.8) is 0 Å². The topological polar surface area (TPSA) is 118 Å². The van der Waals surface area contributed by atoms with Crippen molar-refractivity contribution in [1.82, 2.24) is 24.2 Å². The molecule has 10 nitrogen and oxygen atoms in total. The summed E-state index contributed by atoms with van der Waals surface area (Å²) in [6.45, 7) is 6.51. The van der Waals surface area contributed by atoms with Crippen molar-refractivity contribution in [2.24, 2.45) is 5.92 Å². The maximum atomic E-state index is 13.3. The molecule has 3 atom stereocenters. The Morgan fingerprint density at radius 2 is 2.06 bits per heavy atom. The van der Waals surface area contributed by atoms with Gasteiger partial charge in [-0.2, -0.15) is 4.31 Å². The number of rotatable bonds is 6. The lowest BCUT2D eigenvalue weighted by atomic mass is 10.0. The minimum Gasteiger partial charge on any atom is -0.394 e. The molecule has 0 saturated heterocycles. The second-order valence-electron chi connectivity index (χ2n) is 9.03. The Kier molecular flexibility index (Phi) is 8.80. The van der Waals surface area contributed by atoms with E-state index < -0.39 is 16.1 Å². The molecule has 1 N–H and O–H groups in total. The van der Waals surface area contributed by atoms with Crippen LogP contribution in [0.5, 0.6) is 0 Å². The molecule has 1 aliphatic heterocycles. The third kappa shape index (κ3) is 6.21. The van der Waals surface area contributed by atoms with Crippen LogP contribution in [0.15, 0.2) is 35.4 Å². The predicted octanol–water partition coefficient (Wildman–Crippen LogP) is 1.43. The van der Waals surface area contributed by atoms with Crippen LogP contribution < -0.4 is 0 Å². The molecule has 0 fully saturated rings. The van der Waals surface area contributed by atoms with E-state index in [4.69, 9.17) is 4.74 Å². The summed E-state index contributed by atoms with van der Waals surface area (Å²) in [6.07, 6.45) is 2.19. The number of ether oxygens (including phenoxy) is 1. The average molecular weight is 494 g/mol. The number of hydrogen-bond donors (Lipinski definition) is 1. The number of amides is 1. The Morgan fingerprint density at radius 1 is 1.32 bits per heavy atom. The lowest BCUT2D eigenvalue weighted by molar-refractivity contribution is -0.136. The number of aliphatic hydroxyl groups is 1. The van der Waals surface area contributed by atoms with Crippen molar-refractivity contribution < 1.29 is 23.1 Å². The van der Waals surface area contributed by atoms with E-state index in [9.17, 15) is 18.3 Å². The van der Waals surface area contributed by atoms with Gasteiger partial charge in [0.2, 0.25) is 15.9 Å². The first-order valence-corrected chi connectivity index (χ1v) is 13.0. The highest BCUT2D eigenvalue weighted by Gasteiger charge is 2.31. The van der Waals surface area contributed by atoms with E-state index in [-0.39, 0.29) is 42.5 Å². The van der Waals surface area contributed by atoms with E-state index >= 15 is 0 Å². The Labute approximate surface area is 201 Å². The van der Waals surface area contributed by atoms with Gasteiger partial charge in [0.25, 0.3) is 0 Å². The number of carbonyl (C=O) groups excluding carboxylic acids is 1. The zero-order valence-electron chi connectivity index (χ0n) is 20.3. The van der Waals surface area contributed by atoms with Crippen molar-refractivity contribution in [1.29, 1.82) is 0 Å². The first kappa shape index (κ1) is 26.3. The van der Waals surface area contributed by atoms with Crippen molar-refractivity contribution in [2.75, 3.05) is 26.7 Å². The molecule has 34 heavy (non-hydrogen) atoms. The van der Waals surface area contributed by atoms with E-state index in [0.29, 0.717) is 37.2 Å². The highest BCUT2D eigenvalue weighted by molar-refractivity contribution is 7.89. The van der Waals surface area contributed by atoms with Crippen molar-refractivity contribution >= 4 is 15.9 Å². The first-order chi connectivity index (χ1) is 16.1. The Morgan fingerprint density at radius 3 is 2.76 bits per heavy atom. The fraction of sp³-hybridized carbons (Fsp3) is 0.609. The number of hydrogen-bond acceptors (Lipinski definition) is 7. The highest BCUT2D eigenvalue weighted by atomic mass is 32.2. The smallest absolute Gasteiger partial charge is 0.243 e. The van der Waals surface area contributed by atoms with E-state index in [1.165, 1.54) is 11.4 Å². The molecule has 0 radical (unpaired) electrons. The number of fused-ring (bicyclic) bond motifs is 2. The molecule has 0 saturated carbocycles. The molecule has 11 heteroatoms. The average Bonchev–Trinajstić information content (AvgIpc) is 3.26. The molecule has 188 valence electrons. The van der Waals surface area contributed by atoms with Crippen molar-refractivity contribution in [3.8, 4) is 0 Å². The third-order valence-electron chi connectivity index (χ3n) is 6.26. The number of sulfonamides is 1. The van der Waals surface area contributed by atoms with Crippen LogP contribution >= 0.6 is 0 Å². The van der Waals surface area contributed by atoms with Gasteiger partial charge in [0.15, 0.2) is 0 Å². The summed E-state index contributed by atoms with van der Waals surface area (Å²) in [6, 6.07) is 6.51. The number of aryl methyl sites for hydroxylation is 2. The van der Waals surface area contributed by atoms with E-state index in [1.54, 1.807) is 53.9 Å². The molecule has 3 rings (SSSR count). The number of nitrogens with zero attached hydrogens (tertiary/aromatic N) is 5. The van der Waals surface area contributed by atoms with Gasteiger partial charge in [-0.15, -0.1) is 5.10 Å². The standard InChI is InChI=1S/C23H35N5O5S/c1-17-8-5-6-9-22(17)34(31,32)26(4)14-21-18(2)12-28(19(3)15-29)23(30)10-7-11-27-13-20(16-33-21)24-25-27/h5-6,8-9,13,18-19,21,29H,7,10-12,14-16H2,1-4H3/t18-,19+,21-/m1/s1. The summed E-state index contributed by atoms with van der Waals surface area (Å²) < 4.78 is 35.7. The van der Waals surface area contributed by atoms with E-state index in [1.807, 2.05) is 6.92 Å². The van der Waals surface area contributed by atoms with Crippen LogP contribution in [0.25, 0.3) is 0 Å². The molecule has 1 aromatic heterocycles. The molecule has 1 aromatic carbocycles. The molecule has 0 spiro atoms. The maximum absolute atomic E-state index is 13.3. The van der Waals surface area contributed by atoms with Crippen LogP contribution in [0.2, 0.25) is 0 Å². The van der Waals surface area contributed by atoms with Gasteiger partial charge in [-0.3, -0.25) is 9.48 Å². The molecular weight excluding hydrogens is 458 g/mol. The lowest BCUT2D eigenvalue weighted by Crippen LogP contribution is -2.47. The number of carbonyl (C=O) groups is 1. The molecule has 2 bridgehead atoms. The van der Waals surface area contributed by atoms with Gasteiger partial charge < -0.3 is 14.7 Å². The zero-order chi connectivity index (χ0) is 24.9. The van der Waals surface area contributed by atoms with Gasteiger partial charge >= 0.3 is 0 Å². The van der Waals surface area contributed by atoms with Gasteiger partial charge in [-0.25, -0.2) is 8.42 Å². The summed E-state index contributed by atoms with van der Waals surface area (Å²) in [5.41, 5.74) is 1.32. The van der Waals surface area contributed by atoms with Crippen LogP contribution in [-0.4, -0.2) is 82.5 Å². The first-order valence-electron chi connectivity index (χ1n) is 11.6. The normalized spacial score (nSPS) is 21.6. The van der Waals surface area contributed by atoms with Gasteiger partial charge in [0.1, 0.15) is 5.69 Å².